The molecule has 1 heterocycles. The van der Waals surface area contributed by atoms with E-state index in [2.05, 4.69) is 0 Å². The first kappa shape index (κ1) is 19.7. The van der Waals surface area contributed by atoms with E-state index >= 15 is 0 Å². The number of nitrogens with zero attached hydrogens (tertiary/aromatic N) is 1. The van der Waals surface area contributed by atoms with E-state index in [0.717, 1.165) is 12.1 Å². The summed E-state index contributed by atoms with van der Waals surface area (Å²) in [6.45, 7) is 1.22. The van der Waals surface area contributed by atoms with E-state index in [0.29, 0.717) is 38.0 Å². The zero-order valence-corrected chi connectivity index (χ0v) is 14.7. The number of carbonyl (C=O) groups excluding carboxylic acids is 1. The zero-order chi connectivity index (χ0) is 19.6. The van der Waals surface area contributed by atoms with Crippen molar-refractivity contribution in [1.29, 1.82) is 0 Å². The van der Waals surface area contributed by atoms with Crippen molar-refractivity contribution < 1.29 is 32.6 Å². The van der Waals surface area contributed by atoms with Gasteiger partial charge in [-0.05, 0) is 42.9 Å². The van der Waals surface area contributed by atoms with Crippen LogP contribution in [0.25, 0.3) is 0 Å². The van der Waals surface area contributed by atoms with Crippen molar-refractivity contribution in [1.82, 2.24) is 4.90 Å². The SMILES string of the molecule is O=C(O)CCN(C(=O)C1CC1c1ccc(C(F)(F)F)cc1)C1CCOCC1. The van der Waals surface area contributed by atoms with Gasteiger partial charge in [-0.15, -0.1) is 0 Å². The molecule has 1 aromatic rings. The molecule has 27 heavy (non-hydrogen) atoms. The highest BCUT2D eigenvalue weighted by molar-refractivity contribution is 5.83. The number of carboxylic acid groups (broad SMARTS) is 1. The second-order valence-electron chi connectivity index (χ2n) is 7.09. The van der Waals surface area contributed by atoms with Gasteiger partial charge in [0.05, 0.1) is 12.0 Å². The number of halogens is 3. The number of carbonyl (C=O) groups is 2. The van der Waals surface area contributed by atoms with Gasteiger partial charge in [-0.2, -0.15) is 13.2 Å². The molecular formula is C19H22F3NO4. The Labute approximate surface area is 155 Å². The average molecular weight is 385 g/mol. The Morgan fingerprint density at radius 3 is 2.33 bits per heavy atom. The van der Waals surface area contributed by atoms with E-state index in [-0.39, 0.29) is 36.8 Å². The van der Waals surface area contributed by atoms with Crippen molar-refractivity contribution in [2.75, 3.05) is 19.8 Å². The van der Waals surface area contributed by atoms with Crippen molar-refractivity contribution in [3.05, 3.63) is 35.4 Å². The van der Waals surface area contributed by atoms with Crippen LogP contribution in [0.5, 0.6) is 0 Å². The molecule has 0 bridgehead atoms. The van der Waals surface area contributed by atoms with Gasteiger partial charge in [0.25, 0.3) is 0 Å². The minimum Gasteiger partial charge on any atom is -0.481 e. The summed E-state index contributed by atoms with van der Waals surface area (Å²) in [6.07, 6.45) is -2.59. The molecule has 0 aromatic heterocycles. The van der Waals surface area contributed by atoms with Crippen LogP contribution in [0, 0.1) is 5.92 Å². The Hall–Kier alpha value is -2.09. The first-order valence-electron chi connectivity index (χ1n) is 9.04. The Bertz CT molecular complexity index is 683. The third-order valence-electron chi connectivity index (χ3n) is 5.26. The maximum absolute atomic E-state index is 12.9. The van der Waals surface area contributed by atoms with Crippen LogP contribution >= 0.6 is 0 Å². The van der Waals surface area contributed by atoms with Crippen molar-refractivity contribution in [2.45, 2.75) is 43.8 Å². The second-order valence-corrected chi connectivity index (χ2v) is 7.09. The highest BCUT2D eigenvalue weighted by Crippen LogP contribution is 2.49. The standard InChI is InChI=1S/C19H22F3NO4/c20-19(21,22)13-3-1-12(2-4-13)15-11-16(15)18(26)23(8-5-17(24)25)14-6-9-27-10-7-14/h1-4,14-16H,5-11H2,(H,24,25). The van der Waals surface area contributed by atoms with Crippen LogP contribution in [0.15, 0.2) is 24.3 Å². The minimum absolute atomic E-state index is 0.0422. The highest BCUT2D eigenvalue weighted by Gasteiger charge is 2.47. The predicted molar refractivity (Wildman–Crippen MR) is 90.1 cm³/mol. The van der Waals surface area contributed by atoms with E-state index in [1.54, 1.807) is 4.90 Å². The molecule has 1 saturated carbocycles. The lowest BCUT2D eigenvalue weighted by atomic mass is 10.0. The number of rotatable bonds is 6. The van der Waals surface area contributed by atoms with E-state index in [1.807, 2.05) is 0 Å². The molecule has 0 radical (unpaired) electrons. The van der Waals surface area contributed by atoms with Crippen LogP contribution in [0.2, 0.25) is 0 Å². The summed E-state index contributed by atoms with van der Waals surface area (Å²) in [5.41, 5.74) is 0.00609. The Morgan fingerprint density at radius 2 is 1.78 bits per heavy atom. The summed E-state index contributed by atoms with van der Waals surface area (Å²) < 4.78 is 43.4. The van der Waals surface area contributed by atoms with E-state index in [4.69, 9.17) is 9.84 Å². The molecule has 2 atom stereocenters. The number of aliphatic carboxylic acids is 1. The van der Waals surface area contributed by atoms with E-state index in [9.17, 15) is 22.8 Å². The highest BCUT2D eigenvalue weighted by atomic mass is 19.4. The summed E-state index contributed by atoms with van der Waals surface area (Å²) in [5, 5.41) is 8.96. The van der Waals surface area contributed by atoms with Gasteiger partial charge in [-0.1, -0.05) is 12.1 Å². The molecule has 2 unspecified atom stereocenters. The predicted octanol–water partition coefficient (Wildman–Crippen LogP) is 3.29. The van der Waals surface area contributed by atoms with Gasteiger partial charge in [-0.25, -0.2) is 0 Å². The molecule has 1 N–H and O–H groups in total. The molecule has 1 amide bonds. The van der Waals surface area contributed by atoms with Gasteiger partial charge in [-0.3, -0.25) is 9.59 Å². The molecule has 1 aliphatic heterocycles. The quantitative estimate of drug-likeness (QED) is 0.816. The molecule has 1 aliphatic carbocycles. The maximum atomic E-state index is 12.9. The maximum Gasteiger partial charge on any atom is 0.416 e. The van der Waals surface area contributed by atoms with Crippen LogP contribution in [0.1, 0.15) is 42.7 Å². The van der Waals surface area contributed by atoms with Crippen LogP contribution in [0.4, 0.5) is 13.2 Å². The Morgan fingerprint density at radius 1 is 1.15 bits per heavy atom. The molecule has 8 heteroatoms. The summed E-state index contributed by atoms with van der Waals surface area (Å²) in [6, 6.07) is 4.89. The number of alkyl halides is 3. The summed E-state index contributed by atoms with van der Waals surface area (Å²) in [5.74, 6) is -1.46. The van der Waals surface area contributed by atoms with E-state index in [1.165, 1.54) is 12.1 Å². The van der Waals surface area contributed by atoms with Gasteiger partial charge >= 0.3 is 12.1 Å². The lowest BCUT2D eigenvalue weighted by Crippen LogP contribution is -2.45. The largest absolute Gasteiger partial charge is 0.481 e. The van der Waals surface area contributed by atoms with Gasteiger partial charge < -0.3 is 14.7 Å². The number of benzene rings is 1. The molecule has 1 aromatic carbocycles. The fourth-order valence-electron chi connectivity index (χ4n) is 3.65. The summed E-state index contributed by atoms with van der Waals surface area (Å²) in [4.78, 5) is 25.5. The van der Waals surface area contributed by atoms with Gasteiger partial charge in [0, 0.05) is 31.7 Å². The van der Waals surface area contributed by atoms with Crippen LogP contribution in [0.3, 0.4) is 0 Å². The normalized spacial score (nSPS) is 23.1. The van der Waals surface area contributed by atoms with Crippen molar-refractivity contribution >= 4 is 11.9 Å². The Balaban J connectivity index is 1.67. The fraction of sp³-hybridized carbons (Fsp3) is 0.579. The average Bonchev–Trinajstić information content (AvgIpc) is 3.42. The molecule has 2 fully saturated rings. The molecular weight excluding hydrogens is 363 g/mol. The van der Waals surface area contributed by atoms with Gasteiger partial charge in [0.2, 0.25) is 5.91 Å². The molecule has 148 valence electrons. The van der Waals surface area contributed by atoms with Crippen molar-refractivity contribution in [2.24, 2.45) is 5.92 Å². The summed E-state index contributed by atoms with van der Waals surface area (Å²) >= 11 is 0. The number of carboxylic acids is 1. The first-order chi connectivity index (χ1) is 12.8. The van der Waals surface area contributed by atoms with Crippen LogP contribution in [-0.2, 0) is 20.5 Å². The monoisotopic (exact) mass is 385 g/mol. The number of ether oxygens (including phenoxy) is 1. The molecule has 0 spiro atoms. The van der Waals surface area contributed by atoms with Crippen LogP contribution < -0.4 is 0 Å². The smallest absolute Gasteiger partial charge is 0.416 e. The second kappa shape index (κ2) is 7.88. The van der Waals surface area contributed by atoms with Crippen molar-refractivity contribution in [3.8, 4) is 0 Å². The number of hydrogen-bond acceptors (Lipinski definition) is 3. The summed E-state index contributed by atoms with van der Waals surface area (Å²) in [7, 11) is 0. The topological polar surface area (TPSA) is 66.8 Å². The first-order valence-corrected chi connectivity index (χ1v) is 9.04. The van der Waals surface area contributed by atoms with Gasteiger partial charge in [0.15, 0.2) is 0 Å². The number of amides is 1. The van der Waals surface area contributed by atoms with Crippen molar-refractivity contribution in [3.63, 3.8) is 0 Å². The minimum atomic E-state index is -4.38. The molecule has 2 aliphatic rings. The lowest BCUT2D eigenvalue weighted by molar-refractivity contribution is -0.141. The molecule has 5 nitrogen and oxygen atoms in total. The fourth-order valence-corrected chi connectivity index (χ4v) is 3.65. The number of hydrogen-bond donors (Lipinski definition) is 1. The third kappa shape index (κ3) is 4.80. The van der Waals surface area contributed by atoms with Gasteiger partial charge in [0.1, 0.15) is 0 Å². The van der Waals surface area contributed by atoms with Crippen LogP contribution in [-0.4, -0.2) is 47.7 Å². The third-order valence-corrected chi connectivity index (χ3v) is 5.26. The van der Waals surface area contributed by atoms with E-state index < -0.39 is 17.7 Å². The molecule has 1 saturated heterocycles. The lowest BCUT2D eigenvalue weighted by Gasteiger charge is -2.34. The zero-order valence-electron chi connectivity index (χ0n) is 14.7. The molecule has 3 rings (SSSR count). The Kier molecular flexibility index (Phi) is 5.74.